The van der Waals surface area contributed by atoms with Gasteiger partial charge in [-0.05, 0) is 19.9 Å². The smallest absolute Gasteiger partial charge is 0.271 e. The fraction of sp³-hybridized carbons (Fsp3) is 0.364. The molecule has 2 rings (SSSR count). The van der Waals surface area contributed by atoms with Gasteiger partial charge in [0, 0.05) is 19.8 Å². The first-order chi connectivity index (χ1) is 8.58. The topological polar surface area (TPSA) is 90.8 Å². The number of aryl methyl sites for hydroxylation is 2. The van der Waals surface area contributed by atoms with Crippen molar-refractivity contribution < 1.29 is 4.79 Å². The SMILES string of the molecule is CCn1nc(C)c(N)c1-n1ccc(C(=O)NC)n1. The number of carbonyl (C=O) groups excluding carboxylic acids is 1. The molecule has 96 valence electrons. The minimum Gasteiger partial charge on any atom is -0.394 e. The van der Waals surface area contributed by atoms with Crippen LogP contribution in [-0.2, 0) is 6.54 Å². The van der Waals surface area contributed by atoms with E-state index in [0.717, 1.165) is 5.69 Å². The quantitative estimate of drug-likeness (QED) is 0.819. The second-order valence-electron chi connectivity index (χ2n) is 3.86. The van der Waals surface area contributed by atoms with Gasteiger partial charge in [-0.1, -0.05) is 0 Å². The van der Waals surface area contributed by atoms with Crippen LogP contribution in [0.15, 0.2) is 12.3 Å². The van der Waals surface area contributed by atoms with E-state index in [9.17, 15) is 4.79 Å². The summed E-state index contributed by atoms with van der Waals surface area (Å²) in [6.07, 6.45) is 1.70. The number of carbonyl (C=O) groups is 1. The largest absolute Gasteiger partial charge is 0.394 e. The summed E-state index contributed by atoms with van der Waals surface area (Å²) in [4.78, 5) is 11.5. The van der Waals surface area contributed by atoms with Crippen LogP contribution in [0.1, 0.15) is 23.1 Å². The predicted octanol–water partition coefficient (Wildman–Crippen LogP) is 0.339. The molecule has 2 heterocycles. The molecule has 0 aliphatic heterocycles. The molecule has 0 aliphatic carbocycles. The van der Waals surface area contributed by atoms with E-state index in [1.807, 2.05) is 13.8 Å². The van der Waals surface area contributed by atoms with Crippen molar-refractivity contribution in [3.63, 3.8) is 0 Å². The van der Waals surface area contributed by atoms with Crippen molar-refractivity contribution in [3.05, 3.63) is 23.7 Å². The van der Waals surface area contributed by atoms with Gasteiger partial charge in [-0.15, -0.1) is 0 Å². The minimum atomic E-state index is -0.230. The lowest BCUT2D eigenvalue weighted by atomic mass is 10.4. The van der Waals surface area contributed by atoms with Crippen LogP contribution in [0.25, 0.3) is 5.82 Å². The van der Waals surface area contributed by atoms with Crippen molar-refractivity contribution in [1.82, 2.24) is 24.9 Å². The maximum atomic E-state index is 11.5. The van der Waals surface area contributed by atoms with Gasteiger partial charge < -0.3 is 11.1 Å². The summed E-state index contributed by atoms with van der Waals surface area (Å²) in [5.41, 5.74) is 7.66. The molecule has 18 heavy (non-hydrogen) atoms. The van der Waals surface area contributed by atoms with E-state index >= 15 is 0 Å². The van der Waals surface area contributed by atoms with Gasteiger partial charge in [0.25, 0.3) is 5.91 Å². The summed E-state index contributed by atoms with van der Waals surface area (Å²) < 4.78 is 3.33. The van der Waals surface area contributed by atoms with Gasteiger partial charge in [-0.2, -0.15) is 10.2 Å². The van der Waals surface area contributed by atoms with Crippen molar-refractivity contribution >= 4 is 11.6 Å². The molecule has 0 saturated heterocycles. The molecule has 2 aromatic heterocycles. The zero-order valence-electron chi connectivity index (χ0n) is 10.6. The number of nitrogens with zero attached hydrogens (tertiary/aromatic N) is 4. The Morgan fingerprint density at radius 3 is 2.83 bits per heavy atom. The summed E-state index contributed by atoms with van der Waals surface area (Å²) in [5, 5.41) is 11.0. The summed E-state index contributed by atoms with van der Waals surface area (Å²) >= 11 is 0. The molecule has 0 bridgehead atoms. The van der Waals surface area contributed by atoms with Crippen LogP contribution >= 0.6 is 0 Å². The molecule has 0 atom stereocenters. The zero-order valence-corrected chi connectivity index (χ0v) is 10.6. The first-order valence-electron chi connectivity index (χ1n) is 5.69. The minimum absolute atomic E-state index is 0.230. The molecule has 0 fully saturated rings. The van der Waals surface area contributed by atoms with E-state index in [0.29, 0.717) is 23.7 Å². The second kappa shape index (κ2) is 4.52. The van der Waals surface area contributed by atoms with Crippen molar-refractivity contribution in [1.29, 1.82) is 0 Å². The fourth-order valence-corrected chi connectivity index (χ4v) is 1.74. The van der Waals surface area contributed by atoms with Crippen LogP contribution < -0.4 is 11.1 Å². The summed E-state index contributed by atoms with van der Waals surface area (Å²) in [7, 11) is 1.57. The summed E-state index contributed by atoms with van der Waals surface area (Å²) in [6.45, 7) is 4.50. The highest BCUT2D eigenvalue weighted by atomic mass is 16.1. The number of amides is 1. The molecule has 7 heteroatoms. The van der Waals surface area contributed by atoms with Crippen molar-refractivity contribution in [2.24, 2.45) is 0 Å². The van der Waals surface area contributed by atoms with Gasteiger partial charge in [-0.25, -0.2) is 9.36 Å². The lowest BCUT2D eigenvalue weighted by Crippen LogP contribution is -2.19. The van der Waals surface area contributed by atoms with Crippen LogP contribution in [0.3, 0.4) is 0 Å². The van der Waals surface area contributed by atoms with Crippen molar-refractivity contribution in [3.8, 4) is 5.82 Å². The van der Waals surface area contributed by atoms with E-state index in [2.05, 4.69) is 15.5 Å². The van der Waals surface area contributed by atoms with E-state index < -0.39 is 0 Å². The van der Waals surface area contributed by atoms with E-state index in [-0.39, 0.29) is 5.91 Å². The zero-order chi connectivity index (χ0) is 13.3. The Balaban J connectivity index is 2.49. The molecule has 2 aromatic rings. The van der Waals surface area contributed by atoms with Gasteiger partial charge in [0.15, 0.2) is 11.5 Å². The lowest BCUT2D eigenvalue weighted by molar-refractivity contribution is 0.0957. The molecular weight excluding hydrogens is 232 g/mol. The highest BCUT2D eigenvalue weighted by molar-refractivity contribution is 5.91. The van der Waals surface area contributed by atoms with Crippen LogP contribution in [0.5, 0.6) is 0 Å². The molecular formula is C11H16N6O. The normalized spacial score (nSPS) is 10.6. The third kappa shape index (κ3) is 1.83. The highest BCUT2D eigenvalue weighted by Crippen LogP contribution is 2.20. The molecule has 0 unspecified atom stereocenters. The molecule has 0 spiro atoms. The van der Waals surface area contributed by atoms with Crippen LogP contribution in [0.2, 0.25) is 0 Å². The van der Waals surface area contributed by atoms with Gasteiger partial charge in [-0.3, -0.25) is 4.79 Å². The van der Waals surface area contributed by atoms with Gasteiger partial charge in [0.1, 0.15) is 0 Å². The standard InChI is InChI=1S/C11H16N6O/c1-4-16-11(9(12)7(2)14-16)17-6-5-8(15-17)10(18)13-3/h5-6H,4,12H2,1-3H3,(H,13,18). The number of aromatic nitrogens is 4. The fourth-order valence-electron chi connectivity index (χ4n) is 1.74. The monoisotopic (exact) mass is 248 g/mol. The van der Waals surface area contributed by atoms with E-state index in [1.54, 1.807) is 28.7 Å². The average molecular weight is 248 g/mol. The molecule has 0 aromatic carbocycles. The number of nitrogen functional groups attached to an aromatic ring is 1. The van der Waals surface area contributed by atoms with E-state index in [1.165, 1.54) is 0 Å². The Hall–Kier alpha value is -2.31. The lowest BCUT2D eigenvalue weighted by Gasteiger charge is -2.05. The van der Waals surface area contributed by atoms with E-state index in [4.69, 9.17) is 5.73 Å². The summed E-state index contributed by atoms with van der Waals surface area (Å²) in [6, 6.07) is 1.64. The Kier molecular flexibility index (Phi) is 3.05. The Morgan fingerprint density at radius 2 is 2.22 bits per heavy atom. The second-order valence-corrected chi connectivity index (χ2v) is 3.86. The molecule has 7 nitrogen and oxygen atoms in total. The number of nitrogens with one attached hydrogen (secondary N) is 1. The van der Waals surface area contributed by atoms with Crippen LogP contribution in [0.4, 0.5) is 5.69 Å². The number of nitrogens with two attached hydrogens (primary N) is 1. The Labute approximate surface area is 105 Å². The molecule has 3 N–H and O–H groups in total. The molecule has 1 amide bonds. The van der Waals surface area contributed by atoms with Gasteiger partial charge in [0.05, 0.1) is 11.4 Å². The first-order valence-corrected chi connectivity index (χ1v) is 5.69. The maximum Gasteiger partial charge on any atom is 0.271 e. The van der Waals surface area contributed by atoms with Crippen molar-refractivity contribution in [2.75, 3.05) is 12.8 Å². The number of anilines is 1. The molecule has 0 radical (unpaired) electrons. The van der Waals surface area contributed by atoms with Crippen molar-refractivity contribution in [2.45, 2.75) is 20.4 Å². The third-order valence-electron chi connectivity index (χ3n) is 2.71. The van der Waals surface area contributed by atoms with Gasteiger partial charge in [0.2, 0.25) is 0 Å². The Morgan fingerprint density at radius 1 is 1.50 bits per heavy atom. The molecule has 0 aliphatic rings. The third-order valence-corrected chi connectivity index (χ3v) is 2.71. The van der Waals surface area contributed by atoms with Crippen LogP contribution in [0, 0.1) is 6.92 Å². The number of hydrogen-bond donors (Lipinski definition) is 2. The Bertz CT molecular complexity index is 582. The average Bonchev–Trinajstić information content (AvgIpc) is 2.94. The van der Waals surface area contributed by atoms with Crippen LogP contribution in [-0.4, -0.2) is 32.5 Å². The first kappa shape index (κ1) is 12.2. The highest BCUT2D eigenvalue weighted by Gasteiger charge is 2.16. The maximum absolute atomic E-state index is 11.5. The predicted molar refractivity (Wildman–Crippen MR) is 67.6 cm³/mol. The number of hydrogen-bond acceptors (Lipinski definition) is 4. The molecule has 0 saturated carbocycles. The van der Waals surface area contributed by atoms with Gasteiger partial charge >= 0.3 is 0 Å². The summed E-state index contributed by atoms with van der Waals surface area (Å²) in [5.74, 6) is 0.455. The number of rotatable bonds is 3.